The Labute approximate surface area is 68.3 Å². The Bertz CT molecular complexity index is 151. The van der Waals surface area contributed by atoms with Gasteiger partial charge in [-0.3, -0.25) is 5.01 Å². The van der Waals surface area contributed by atoms with Crippen LogP contribution < -0.4 is 5.73 Å². The van der Waals surface area contributed by atoms with Crippen LogP contribution in [0, 0.1) is 5.92 Å². The fraction of sp³-hybridized carbons (Fsp3) is 0.875. The molecule has 64 valence electrons. The number of hydrogen-bond donors (Lipinski definition) is 1. The van der Waals surface area contributed by atoms with Crippen LogP contribution in [0.25, 0.3) is 0 Å². The number of hydrogen-bond acceptors (Lipinski definition) is 3. The molecule has 2 N–H and O–H groups in total. The Morgan fingerprint density at radius 2 is 2.36 bits per heavy atom. The van der Waals surface area contributed by atoms with Crippen LogP contribution in [0.15, 0.2) is 5.10 Å². The molecule has 3 nitrogen and oxygen atoms in total. The highest BCUT2D eigenvalue weighted by Crippen LogP contribution is 2.07. The molecule has 0 saturated heterocycles. The van der Waals surface area contributed by atoms with Crippen LogP contribution in [0.2, 0.25) is 0 Å². The van der Waals surface area contributed by atoms with Gasteiger partial charge in [0.1, 0.15) is 5.84 Å². The standard InChI is InChI=1S/C8H17N3/c1-7(2)3-5-11-6-4-8(9)10-11/h7H,3-6H2,1-2H3,(H2,9,10). The van der Waals surface area contributed by atoms with Crippen LogP contribution >= 0.6 is 0 Å². The zero-order chi connectivity index (χ0) is 8.27. The van der Waals surface area contributed by atoms with Gasteiger partial charge >= 0.3 is 0 Å². The SMILES string of the molecule is CC(C)CCN1CCC(N)=N1. The summed E-state index contributed by atoms with van der Waals surface area (Å²) in [6.45, 7) is 6.52. The van der Waals surface area contributed by atoms with Crippen molar-refractivity contribution in [1.82, 2.24) is 5.01 Å². The van der Waals surface area contributed by atoms with Gasteiger partial charge in [-0.05, 0) is 12.3 Å². The Morgan fingerprint density at radius 3 is 2.82 bits per heavy atom. The molecule has 0 bridgehead atoms. The minimum absolute atomic E-state index is 0.757. The lowest BCUT2D eigenvalue weighted by Crippen LogP contribution is -2.16. The van der Waals surface area contributed by atoms with E-state index in [2.05, 4.69) is 24.0 Å². The molecule has 0 saturated carbocycles. The maximum absolute atomic E-state index is 5.54. The number of rotatable bonds is 3. The zero-order valence-electron chi connectivity index (χ0n) is 7.38. The van der Waals surface area contributed by atoms with E-state index >= 15 is 0 Å². The van der Waals surface area contributed by atoms with Crippen LogP contribution in [0.5, 0.6) is 0 Å². The number of hydrazone groups is 1. The Kier molecular flexibility index (Phi) is 2.74. The number of amidine groups is 1. The third kappa shape index (κ3) is 2.78. The first-order valence-electron chi connectivity index (χ1n) is 4.26. The van der Waals surface area contributed by atoms with E-state index < -0.39 is 0 Å². The maximum atomic E-state index is 5.54. The molecule has 0 aromatic carbocycles. The van der Waals surface area contributed by atoms with Crippen LogP contribution in [0.1, 0.15) is 26.7 Å². The molecule has 0 radical (unpaired) electrons. The first kappa shape index (κ1) is 8.37. The lowest BCUT2D eigenvalue weighted by Gasteiger charge is -2.13. The summed E-state index contributed by atoms with van der Waals surface area (Å²) in [5.74, 6) is 1.54. The summed E-state index contributed by atoms with van der Waals surface area (Å²) in [4.78, 5) is 0. The highest BCUT2D eigenvalue weighted by Gasteiger charge is 2.10. The molecule has 1 rings (SSSR count). The van der Waals surface area contributed by atoms with Gasteiger partial charge in [-0.15, -0.1) is 0 Å². The molecular weight excluding hydrogens is 138 g/mol. The van der Waals surface area contributed by atoms with Crippen LogP contribution in [-0.2, 0) is 0 Å². The smallest absolute Gasteiger partial charge is 0.121 e. The lowest BCUT2D eigenvalue weighted by molar-refractivity contribution is 0.296. The summed E-state index contributed by atoms with van der Waals surface area (Å²) < 4.78 is 0. The molecule has 1 aliphatic rings. The monoisotopic (exact) mass is 155 g/mol. The quantitative estimate of drug-likeness (QED) is 0.661. The van der Waals surface area contributed by atoms with E-state index in [-0.39, 0.29) is 0 Å². The summed E-state index contributed by atoms with van der Waals surface area (Å²) in [6.07, 6.45) is 2.15. The van der Waals surface area contributed by atoms with Crippen LogP contribution in [0.4, 0.5) is 0 Å². The van der Waals surface area contributed by atoms with E-state index in [9.17, 15) is 0 Å². The molecule has 0 aromatic rings. The molecule has 0 amide bonds. The van der Waals surface area contributed by atoms with Gasteiger partial charge in [-0.2, -0.15) is 5.10 Å². The minimum atomic E-state index is 0.757. The third-order valence-corrected chi connectivity index (χ3v) is 1.86. The molecule has 0 atom stereocenters. The van der Waals surface area contributed by atoms with E-state index in [1.807, 2.05) is 0 Å². The molecule has 1 heterocycles. The molecule has 0 fully saturated rings. The average molecular weight is 155 g/mol. The van der Waals surface area contributed by atoms with Crippen molar-refractivity contribution in [3.63, 3.8) is 0 Å². The first-order valence-corrected chi connectivity index (χ1v) is 4.26. The van der Waals surface area contributed by atoms with Gasteiger partial charge in [0.25, 0.3) is 0 Å². The highest BCUT2D eigenvalue weighted by molar-refractivity contribution is 5.81. The summed E-state index contributed by atoms with van der Waals surface area (Å²) in [7, 11) is 0. The molecule has 11 heavy (non-hydrogen) atoms. The van der Waals surface area contributed by atoms with Gasteiger partial charge in [0, 0.05) is 19.5 Å². The molecule has 1 aliphatic heterocycles. The fourth-order valence-electron chi connectivity index (χ4n) is 1.09. The van der Waals surface area contributed by atoms with Gasteiger partial charge < -0.3 is 5.73 Å². The van der Waals surface area contributed by atoms with E-state index in [0.29, 0.717) is 0 Å². The maximum Gasteiger partial charge on any atom is 0.121 e. The fourth-order valence-corrected chi connectivity index (χ4v) is 1.09. The zero-order valence-corrected chi connectivity index (χ0v) is 7.38. The molecule has 0 unspecified atom stereocenters. The largest absolute Gasteiger partial charge is 0.386 e. The third-order valence-electron chi connectivity index (χ3n) is 1.86. The van der Waals surface area contributed by atoms with Crippen molar-refractivity contribution in [2.75, 3.05) is 13.1 Å². The minimum Gasteiger partial charge on any atom is -0.386 e. The van der Waals surface area contributed by atoms with Gasteiger partial charge in [0.05, 0.1) is 0 Å². The van der Waals surface area contributed by atoms with Gasteiger partial charge in [-0.25, -0.2) is 0 Å². The predicted molar refractivity (Wildman–Crippen MR) is 47.3 cm³/mol. The average Bonchev–Trinajstić information content (AvgIpc) is 2.31. The van der Waals surface area contributed by atoms with Crippen LogP contribution in [0.3, 0.4) is 0 Å². The van der Waals surface area contributed by atoms with Gasteiger partial charge in [-0.1, -0.05) is 13.8 Å². The second-order valence-electron chi connectivity index (χ2n) is 3.48. The van der Waals surface area contributed by atoms with E-state index in [1.54, 1.807) is 0 Å². The number of nitrogens with zero attached hydrogens (tertiary/aromatic N) is 2. The predicted octanol–water partition coefficient (Wildman–Crippen LogP) is 1.01. The summed E-state index contributed by atoms with van der Waals surface area (Å²) in [5, 5.41) is 6.25. The van der Waals surface area contributed by atoms with Crippen molar-refractivity contribution >= 4 is 5.84 Å². The Morgan fingerprint density at radius 1 is 1.64 bits per heavy atom. The summed E-state index contributed by atoms with van der Waals surface area (Å²) in [5.41, 5.74) is 5.54. The van der Waals surface area contributed by atoms with Crippen LogP contribution in [-0.4, -0.2) is 23.9 Å². The second-order valence-corrected chi connectivity index (χ2v) is 3.48. The van der Waals surface area contributed by atoms with Gasteiger partial charge in [0.2, 0.25) is 0 Å². The molecular formula is C8H17N3. The normalized spacial score (nSPS) is 17.7. The van der Waals surface area contributed by atoms with Crippen molar-refractivity contribution in [3.8, 4) is 0 Å². The van der Waals surface area contributed by atoms with Crippen molar-refractivity contribution in [3.05, 3.63) is 0 Å². The molecule has 0 spiro atoms. The Balaban J connectivity index is 2.18. The van der Waals surface area contributed by atoms with E-state index in [4.69, 9.17) is 5.73 Å². The van der Waals surface area contributed by atoms with Crippen molar-refractivity contribution in [1.29, 1.82) is 0 Å². The summed E-state index contributed by atoms with van der Waals surface area (Å²) in [6, 6.07) is 0. The van der Waals surface area contributed by atoms with E-state index in [0.717, 1.165) is 31.3 Å². The first-order chi connectivity index (χ1) is 5.18. The van der Waals surface area contributed by atoms with Gasteiger partial charge in [0.15, 0.2) is 0 Å². The second kappa shape index (κ2) is 3.60. The van der Waals surface area contributed by atoms with E-state index in [1.165, 1.54) is 6.42 Å². The topological polar surface area (TPSA) is 41.6 Å². The highest BCUT2D eigenvalue weighted by atomic mass is 15.5. The lowest BCUT2D eigenvalue weighted by atomic mass is 10.1. The van der Waals surface area contributed by atoms with Crippen molar-refractivity contribution < 1.29 is 0 Å². The molecule has 3 heteroatoms. The molecule has 0 aromatic heterocycles. The molecule has 0 aliphatic carbocycles. The van der Waals surface area contributed by atoms with Crippen molar-refractivity contribution in [2.45, 2.75) is 26.7 Å². The number of nitrogens with two attached hydrogens (primary N) is 1. The van der Waals surface area contributed by atoms with Crippen molar-refractivity contribution in [2.24, 2.45) is 16.8 Å². The summed E-state index contributed by atoms with van der Waals surface area (Å²) >= 11 is 0. The Hall–Kier alpha value is -0.730.